The third-order valence-electron chi connectivity index (χ3n) is 6.73. The second-order valence-electron chi connectivity index (χ2n) is 9.32. The number of carbonyl (C=O) groups excluding carboxylic acids is 1. The number of carbonyl (C=O) groups is 1. The summed E-state index contributed by atoms with van der Waals surface area (Å²) in [6, 6.07) is 16.0. The van der Waals surface area contributed by atoms with E-state index in [4.69, 9.17) is 19.4 Å². The van der Waals surface area contributed by atoms with Gasteiger partial charge in [-0.2, -0.15) is 5.10 Å². The maximum Gasteiger partial charge on any atom is 0.258 e. The first-order valence-electron chi connectivity index (χ1n) is 12.6. The van der Waals surface area contributed by atoms with Crippen molar-refractivity contribution in [3.63, 3.8) is 0 Å². The SMILES string of the molecule is O=C(COc1cccc(-c2nc3c(c(Nc4ccc(-c5cn[nH]c5)cc4)n2)COCC3)c1)NC1CCC1. The number of benzene rings is 2. The fourth-order valence-electron chi connectivity index (χ4n) is 4.45. The van der Waals surface area contributed by atoms with E-state index in [9.17, 15) is 4.79 Å². The Morgan fingerprint density at radius 2 is 1.97 bits per heavy atom. The molecule has 2 aromatic carbocycles. The second kappa shape index (κ2) is 10.4. The molecule has 6 rings (SSSR count). The standard InChI is InChI=1S/C28H28N6O3/c35-26(31-21-4-2-5-21)17-37-23-6-1-3-19(13-23)27-33-25-11-12-36-16-24(25)28(34-27)32-22-9-7-18(8-10-22)20-14-29-30-15-20/h1,3,6-10,13-15,21H,2,4-5,11-12,16-17H2,(H,29,30)(H,31,35)(H,32,33,34). The summed E-state index contributed by atoms with van der Waals surface area (Å²) in [6.45, 7) is 1.08. The van der Waals surface area contributed by atoms with Crippen LogP contribution in [0.2, 0.25) is 0 Å². The van der Waals surface area contributed by atoms with Gasteiger partial charge in [-0.3, -0.25) is 9.89 Å². The zero-order valence-electron chi connectivity index (χ0n) is 20.4. The topological polar surface area (TPSA) is 114 Å². The molecule has 0 unspecified atom stereocenters. The van der Waals surface area contributed by atoms with Crippen LogP contribution in [0.5, 0.6) is 5.75 Å². The van der Waals surface area contributed by atoms with Crippen molar-refractivity contribution in [1.29, 1.82) is 0 Å². The highest BCUT2D eigenvalue weighted by Gasteiger charge is 2.21. The Bertz CT molecular complexity index is 1380. The Hall–Kier alpha value is -4.24. The van der Waals surface area contributed by atoms with Crippen LogP contribution in [0.1, 0.15) is 30.5 Å². The van der Waals surface area contributed by atoms with E-state index in [1.165, 1.54) is 6.42 Å². The Labute approximate surface area is 214 Å². The lowest BCUT2D eigenvalue weighted by Crippen LogP contribution is -2.41. The zero-order chi connectivity index (χ0) is 25.0. The van der Waals surface area contributed by atoms with E-state index >= 15 is 0 Å². The lowest BCUT2D eigenvalue weighted by atomic mass is 9.93. The molecule has 4 aromatic rings. The van der Waals surface area contributed by atoms with Crippen molar-refractivity contribution >= 4 is 17.4 Å². The van der Waals surface area contributed by atoms with Gasteiger partial charge in [0.25, 0.3) is 5.91 Å². The van der Waals surface area contributed by atoms with Gasteiger partial charge in [0.15, 0.2) is 12.4 Å². The fourth-order valence-corrected chi connectivity index (χ4v) is 4.45. The molecule has 1 aliphatic carbocycles. The first-order valence-corrected chi connectivity index (χ1v) is 12.6. The summed E-state index contributed by atoms with van der Waals surface area (Å²) in [5.41, 5.74) is 5.79. The molecule has 1 amide bonds. The third kappa shape index (κ3) is 5.31. The highest BCUT2D eigenvalue weighted by molar-refractivity contribution is 5.78. The molecular formula is C28H28N6O3. The number of fused-ring (bicyclic) bond motifs is 1. The van der Waals surface area contributed by atoms with Crippen molar-refractivity contribution in [2.45, 2.75) is 38.3 Å². The molecule has 1 aliphatic heterocycles. The Morgan fingerprint density at radius 3 is 2.76 bits per heavy atom. The first kappa shape index (κ1) is 23.2. The fraction of sp³-hybridized carbons (Fsp3) is 0.286. The van der Waals surface area contributed by atoms with E-state index in [0.717, 1.165) is 58.7 Å². The molecule has 9 heteroatoms. The number of aromatic nitrogens is 4. The van der Waals surface area contributed by atoms with Gasteiger partial charge in [-0.25, -0.2) is 9.97 Å². The average Bonchev–Trinajstić information content (AvgIpc) is 3.45. The van der Waals surface area contributed by atoms with Crippen LogP contribution < -0.4 is 15.4 Å². The number of rotatable bonds is 8. The average molecular weight is 497 g/mol. The molecule has 37 heavy (non-hydrogen) atoms. The van der Waals surface area contributed by atoms with Crippen molar-refractivity contribution in [3.05, 3.63) is 72.2 Å². The lowest BCUT2D eigenvalue weighted by molar-refractivity contribution is -0.124. The van der Waals surface area contributed by atoms with Crippen LogP contribution in [0.25, 0.3) is 22.5 Å². The predicted octanol–water partition coefficient (Wildman–Crippen LogP) is 4.40. The summed E-state index contributed by atoms with van der Waals surface area (Å²) >= 11 is 0. The molecular weight excluding hydrogens is 468 g/mol. The lowest BCUT2D eigenvalue weighted by Gasteiger charge is -2.26. The van der Waals surface area contributed by atoms with Crippen LogP contribution in [0.3, 0.4) is 0 Å². The Kier molecular flexibility index (Phi) is 6.51. The van der Waals surface area contributed by atoms with E-state index in [1.807, 2.05) is 54.7 Å². The van der Waals surface area contributed by atoms with E-state index < -0.39 is 0 Å². The van der Waals surface area contributed by atoms with Crippen molar-refractivity contribution in [2.75, 3.05) is 18.5 Å². The number of nitrogens with one attached hydrogen (secondary N) is 3. The number of nitrogens with zero attached hydrogens (tertiary/aromatic N) is 3. The van der Waals surface area contributed by atoms with Gasteiger partial charge < -0.3 is 20.1 Å². The zero-order valence-corrected chi connectivity index (χ0v) is 20.4. The minimum atomic E-state index is -0.0922. The summed E-state index contributed by atoms with van der Waals surface area (Å²) in [7, 11) is 0. The van der Waals surface area contributed by atoms with Crippen LogP contribution in [-0.4, -0.2) is 45.3 Å². The number of amides is 1. The smallest absolute Gasteiger partial charge is 0.258 e. The molecule has 1 saturated carbocycles. The molecule has 2 aromatic heterocycles. The summed E-state index contributed by atoms with van der Waals surface area (Å²) in [5.74, 6) is 1.84. The van der Waals surface area contributed by atoms with E-state index in [1.54, 1.807) is 6.20 Å². The molecule has 0 saturated heterocycles. The van der Waals surface area contributed by atoms with Gasteiger partial charge >= 0.3 is 0 Å². The van der Waals surface area contributed by atoms with Crippen LogP contribution >= 0.6 is 0 Å². The number of anilines is 2. The number of aromatic amines is 1. The largest absolute Gasteiger partial charge is 0.484 e. The highest BCUT2D eigenvalue weighted by Crippen LogP contribution is 2.30. The quantitative estimate of drug-likeness (QED) is 0.331. The number of H-pyrrole nitrogens is 1. The highest BCUT2D eigenvalue weighted by atomic mass is 16.5. The van der Waals surface area contributed by atoms with Crippen LogP contribution in [0.15, 0.2) is 60.9 Å². The molecule has 0 atom stereocenters. The molecule has 0 radical (unpaired) electrons. The molecule has 0 spiro atoms. The van der Waals surface area contributed by atoms with Gasteiger partial charge in [0, 0.05) is 41.0 Å². The van der Waals surface area contributed by atoms with E-state index in [2.05, 4.69) is 20.8 Å². The van der Waals surface area contributed by atoms with E-state index in [0.29, 0.717) is 30.8 Å². The maximum atomic E-state index is 12.2. The monoisotopic (exact) mass is 496 g/mol. The van der Waals surface area contributed by atoms with Crippen LogP contribution in [0, 0.1) is 0 Å². The van der Waals surface area contributed by atoms with Gasteiger partial charge in [-0.15, -0.1) is 0 Å². The van der Waals surface area contributed by atoms with Crippen molar-refractivity contribution in [3.8, 4) is 28.3 Å². The van der Waals surface area contributed by atoms with Gasteiger partial charge in [-0.1, -0.05) is 24.3 Å². The summed E-state index contributed by atoms with van der Waals surface area (Å²) < 4.78 is 11.5. The van der Waals surface area contributed by atoms with Crippen LogP contribution in [0.4, 0.5) is 11.5 Å². The number of hydrogen-bond donors (Lipinski definition) is 3. The molecule has 188 valence electrons. The van der Waals surface area contributed by atoms with Crippen LogP contribution in [-0.2, 0) is 22.6 Å². The van der Waals surface area contributed by atoms with Crippen molar-refractivity contribution in [2.24, 2.45) is 0 Å². The van der Waals surface area contributed by atoms with Crippen molar-refractivity contribution in [1.82, 2.24) is 25.5 Å². The van der Waals surface area contributed by atoms with Gasteiger partial charge in [0.1, 0.15) is 11.6 Å². The number of ether oxygens (including phenoxy) is 2. The van der Waals surface area contributed by atoms with E-state index in [-0.39, 0.29) is 12.5 Å². The molecule has 1 fully saturated rings. The normalized spacial score (nSPS) is 14.9. The minimum absolute atomic E-state index is 0.00996. The third-order valence-corrected chi connectivity index (χ3v) is 6.73. The second-order valence-corrected chi connectivity index (χ2v) is 9.32. The minimum Gasteiger partial charge on any atom is -0.484 e. The van der Waals surface area contributed by atoms with Gasteiger partial charge in [-0.05, 0) is 49.1 Å². The molecule has 3 heterocycles. The number of hydrogen-bond acceptors (Lipinski definition) is 7. The maximum absolute atomic E-state index is 12.2. The summed E-state index contributed by atoms with van der Waals surface area (Å²) in [6.07, 6.45) is 7.65. The Morgan fingerprint density at radius 1 is 1.08 bits per heavy atom. The molecule has 9 nitrogen and oxygen atoms in total. The van der Waals surface area contributed by atoms with Gasteiger partial charge in [0.2, 0.25) is 0 Å². The van der Waals surface area contributed by atoms with Gasteiger partial charge in [0.05, 0.1) is 25.1 Å². The summed E-state index contributed by atoms with van der Waals surface area (Å²) in [4.78, 5) is 21.9. The first-order chi connectivity index (χ1) is 18.2. The predicted molar refractivity (Wildman–Crippen MR) is 139 cm³/mol. The molecule has 0 bridgehead atoms. The summed E-state index contributed by atoms with van der Waals surface area (Å²) in [5, 5.41) is 13.3. The Balaban J connectivity index is 1.22. The molecule has 3 N–H and O–H groups in total. The molecule has 2 aliphatic rings. The van der Waals surface area contributed by atoms with Crippen molar-refractivity contribution < 1.29 is 14.3 Å².